The Balaban J connectivity index is 1.79. The SMILES string of the molecule is Cc1ccc(S(=O)(=O)OCCO[C@@H]2C[C@@H](CO)N(C(=O)O)C2)cc1. The molecular weight excluding hydrogens is 338 g/mol. The Morgan fingerprint density at radius 2 is 1.96 bits per heavy atom. The molecule has 0 unspecified atom stereocenters. The van der Waals surface area contributed by atoms with Gasteiger partial charge in [-0.2, -0.15) is 8.42 Å². The van der Waals surface area contributed by atoms with Gasteiger partial charge in [0.2, 0.25) is 0 Å². The lowest BCUT2D eigenvalue weighted by Gasteiger charge is -2.18. The van der Waals surface area contributed by atoms with Gasteiger partial charge >= 0.3 is 6.09 Å². The number of aryl methyl sites for hydroxylation is 1. The highest BCUT2D eigenvalue weighted by Gasteiger charge is 2.35. The number of likely N-dealkylation sites (tertiary alicyclic amines) is 1. The van der Waals surface area contributed by atoms with Gasteiger partial charge in [-0.05, 0) is 25.5 Å². The van der Waals surface area contributed by atoms with Crippen LogP contribution in [0, 0.1) is 6.92 Å². The highest BCUT2D eigenvalue weighted by atomic mass is 32.2. The van der Waals surface area contributed by atoms with Crippen molar-refractivity contribution in [3.8, 4) is 0 Å². The Kier molecular flexibility index (Phi) is 6.16. The van der Waals surface area contributed by atoms with Gasteiger partial charge in [0, 0.05) is 0 Å². The molecule has 1 heterocycles. The van der Waals surface area contributed by atoms with Crippen molar-refractivity contribution < 1.29 is 32.3 Å². The van der Waals surface area contributed by atoms with Crippen LogP contribution in [-0.4, -0.2) is 68.1 Å². The van der Waals surface area contributed by atoms with Crippen molar-refractivity contribution in [3.63, 3.8) is 0 Å². The number of carboxylic acid groups (broad SMARTS) is 1. The van der Waals surface area contributed by atoms with Crippen LogP contribution >= 0.6 is 0 Å². The Morgan fingerprint density at radius 3 is 2.50 bits per heavy atom. The molecule has 0 saturated carbocycles. The summed E-state index contributed by atoms with van der Waals surface area (Å²) < 4.78 is 34.3. The molecule has 0 radical (unpaired) electrons. The quantitative estimate of drug-likeness (QED) is 0.547. The highest BCUT2D eigenvalue weighted by molar-refractivity contribution is 7.86. The van der Waals surface area contributed by atoms with Crippen LogP contribution in [0.3, 0.4) is 0 Å². The highest BCUT2D eigenvalue weighted by Crippen LogP contribution is 2.20. The summed E-state index contributed by atoms with van der Waals surface area (Å²) in [6.07, 6.45) is -1.13. The first-order valence-corrected chi connectivity index (χ1v) is 8.92. The van der Waals surface area contributed by atoms with E-state index in [1.54, 1.807) is 12.1 Å². The number of carbonyl (C=O) groups is 1. The molecule has 1 amide bonds. The van der Waals surface area contributed by atoms with E-state index in [1.165, 1.54) is 12.1 Å². The first-order chi connectivity index (χ1) is 11.3. The minimum absolute atomic E-state index is 0.0152. The lowest BCUT2D eigenvalue weighted by atomic mass is 10.2. The van der Waals surface area contributed by atoms with Crippen molar-refractivity contribution in [1.82, 2.24) is 4.90 Å². The first-order valence-electron chi connectivity index (χ1n) is 7.51. The smallest absolute Gasteiger partial charge is 0.407 e. The molecule has 0 bridgehead atoms. The number of aliphatic hydroxyl groups excluding tert-OH is 1. The van der Waals surface area contributed by atoms with Crippen LogP contribution in [0.15, 0.2) is 29.2 Å². The molecule has 24 heavy (non-hydrogen) atoms. The fourth-order valence-electron chi connectivity index (χ4n) is 2.53. The number of aliphatic hydroxyl groups is 1. The lowest BCUT2D eigenvalue weighted by molar-refractivity contribution is 0.0403. The topological polar surface area (TPSA) is 113 Å². The zero-order valence-corrected chi connectivity index (χ0v) is 14.1. The van der Waals surface area contributed by atoms with E-state index < -0.39 is 22.3 Å². The summed E-state index contributed by atoms with van der Waals surface area (Å²) in [5.41, 5.74) is 0.944. The molecule has 8 nitrogen and oxygen atoms in total. The average molecular weight is 359 g/mol. The van der Waals surface area contributed by atoms with Crippen LogP contribution in [0.5, 0.6) is 0 Å². The third kappa shape index (κ3) is 4.67. The predicted molar refractivity (Wildman–Crippen MR) is 84.3 cm³/mol. The second kappa shape index (κ2) is 7.93. The molecule has 1 aliphatic heterocycles. The van der Waals surface area contributed by atoms with Crippen LogP contribution in [0.4, 0.5) is 4.79 Å². The molecule has 0 aromatic heterocycles. The summed E-state index contributed by atoms with van der Waals surface area (Å²) in [5.74, 6) is 0. The van der Waals surface area contributed by atoms with Crippen LogP contribution in [0.2, 0.25) is 0 Å². The molecule has 1 aromatic carbocycles. The van der Waals surface area contributed by atoms with Gasteiger partial charge < -0.3 is 19.8 Å². The second-order valence-corrected chi connectivity index (χ2v) is 7.20. The van der Waals surface area contributed by atoms with Gasteiger partial charge in [0.1, 0.15) is 0 Å². The first kappa shape index (κ1) is 18.7. The zero-order valence-electron chi connectivity index (χ0n) is 13.3. The van der Waals surface area contributed by atoms with Crippen LogP contribution < -0.4 is 0 Å². The zero-order chi connectivity index (χ0) is 17.7. The second-order valence-electron chi connectivity index (χ2n) is 5.59. The summed E-state index contributed by atoms with van der Waals surface area (Å²) in [4.78, 5) is 12.2. The van der Waals surface area contributed by atoms with Gasteiger partial charge in [0.05, 0.1) is 43.4 Å². The van der Waals surface area contributed by atoms with E-state index in [-0.39, 0.29) is 37.4 Å². The standard InChI is InChI=1S/C15H21NO7S/c1-11-2-4-14(5-3-11)24(20,21)23-7-6-22-13-8-12(10-17)16(9-13)15(18)19/h2-5,12-13,17H,6-10H2,1H3,(H,18,19)/t12-,13+/m0/s1. The molecular formula is C15H21NO7S. The number of ether oxygens (including phenoxy) is 1. The largest absolute Gasteiger partial charge is 0.465 e. The molecule has 0 aliphatic carbocycles. The molecule has 1 fully saturated rings. The van der Waals surface area contributed by atoms with E-state index in [9.17, 15) is 13.2 Å². The van der Waals surface area contributed by atoms with Crippen LogP contribution in [-0.2, 0) is 19.0 Å². The maximum atomic E-state index is 12.0. The van der Waals surface area contributed by atoms with Gasteiger partial charge in [-0.3, -0.25) is 4.18 Å². The van der Waals surface area contributed by atoms with Gasteiger partial charge in [-0.15, -0.1) is 0 Å². The van der Waals surface area contributed by atoms with Crippen molar-refractivity contribution in [3.05, 3.63) is 29.8 Å². The van der Waals surface area contributed by atoms with E-state index in [1.807, 2.05) is 6.92 Å². The molecule has 1 saturated heterocycles. The van der Waals surface area contributed by atoms with Gasteiger partial charge in [0.25, 0.3) is 10.1 Å². The monoisotopic (exact) mass is 359 g/mol. The average Bonchev–Trinajstić information content (AvgIpc) is 2.95. The van der Waals surface area contributed by atoms with Gasteiger partial charge in [-0.25, -0.2) is 4.79 Å². The third-order valence-corrected chi connectivity index (χ3v) is 5.14. The number of hydrogen-bond donors (Lipinski definition) is 2. The molecule has 134 valence electrons. The molecule has 0 spiro atoms. The van der Waals surface area contributed by atoms with E-state index in [4.69, 9.17) is 19.1 Å². The normalized spacial score (nSPS) is 21.2. The number of hydrogen-bond acceptors (Lipinski definition) is 6. The minimum Gasteiger partial charge on any atom is -0.465 e. The summed E-state index contributed by atoms with van der Waals surface area (Å²) in [7, 11) is -3.84. The fourth-order valence-corrected chi connectivity index (χ4v) is 3.43. The van der Waals surface area contributed by atoms with Crippen LogP contribution in [0.1, 0.15) is 12.0 Å². The molecule has 2 atom stereocenters. The Bertz CT molecular complexity index is 659. The van der Waals surface area contributed by atoms with E-state index in [2.05, 4.69) is 0 Å². The summed E-state index contributed by atoms with van der Waals surface area (Å²) in [6, 6.07) is 5.81. The van der Waals surface area contributed by atoms with E-state index in [0.29, 0.717) is 6.42 Å². The Labute approximate surface area is 140 Å². The van der Waals surface area contributed by atoms with E-state index >= 15 is 0 Å². The van der Waals surface area contributed by atoms with Crippen LogP contribution in [0.25, 0.3) is 0 Å². The van der Waals surface area contributed by atoms with Crippen molar-refractivity contribution in [1.29, 1.82) is 0 Å². The maximum absolute atomic E-state index is 12.0. The minimum atomic E-state index is -3.84. The van der Waals surface area contributed by atoms with Crippen molar-refractivity contribution in [2.75, 3.05) is 26.4 Å². The number of nitrogens with zero attached hydrogens (tertiary/aromatic N) is 1. The predicted octanol–water partition coefficient (Wildman–Crippen LogP) is 0.830. The number of rotatable bonds is 7. The number of benzene rings is 1. The van der Waals surface area contributed by atoms with Gasteiger partial charge in [0.15, 0.2) is 0 Å². The molecule has 1 aliphatic rings. The lowest BCUT2D eigenvalue weighted by Crippen LogP contribution is -2.36. The summed E-state index contributed by atoms with van der Waals surface area (Å²) >= 11 is 0. The summed E-state index contributed by atoms with van der Waals surface area (Å²) in [5, 5.41) is 18.2. The Morgan fingerprint density at radius 1 is 1.29 bits per heavy atom. The van der Waals surface area contributed by atoms with Gasteiger partial charge in [-0.1, -0.05) is 17.7 Å². The fraction of sp³-hybridized carbons (Fsp3) is 0.533. The summed E-state index contributed by atoms with van der Waals surface area (Å²) in [6.45, 7) is 1.58. The number of amides is 1. The maximum Gasteiger partial charge on any atom is 0.407 e. The molecule has 2 rings (SSSR count). The molecule has 1 aromatic rings. The van der Waals surface area contributed by atoms with E-state index in [0.717, 1.165) is 10.5 Å². The Hall–Kier alpha value is -1.68. The molecule has 9 heteroatoms. The van der Waals surface area contributed by atoms with Crippen molar-refractivity contribution >= 4 is 16.2 Å². The van der Waals surface area contributed by atoms with Crippen molar-refractivity contribution in [2.24, 2.45) is 0 Å². The third-order valence-electron chi connectivity index (χ3n) is 3.82. The molecule has 2 N–H and O–H groups in total. The van der Waals surface area contributed by atoms with Crippen molar-refractivity contribution in [2.45, 2.75) is 30.4 Å².